The fraction of sp³-hybridized carbons (Fsp3) is 0.417. The summed E-state index contributed by atoms with van der Waals surface area (Å²) in [6.45, 7) is 0.641. The van der Waals surface area contributed by atoms with Crippen molar-refractivity contribution in [1.82, 2.24) is 4.90 Å². The minimum Gasteiger partial charge on any atom is -0.482 e. The van der Waals surface area contributed by atoms with Crippen LogP contribution >= 0.6 is 58.0 Å². The van der Waals surface area contributed by atoms with E-state index < -0.39 is 0 Å². The number of carbonyl (C=O) groups excluding carboxylic acids is 1. The Morgan fingerprint density at radius 1 is 1.00 bits per heavy atom. The van der Waals surface area contributed by atoms with Gasteiger partial charge in [0.15, 0.2) is 6.61 Å². The number of rotatable bonds is 7. The van der Waals surface area contributed by atoms with E-state index in [0.717, 1.165) is 0 Å². The van der Waals surface area contributed by atoms with Gasteiger partial charge in [-0.05, 0) is 6.07 Å². The smallest absolute Gasteiger partial charge is 0.260 e. The van der Waals surface area contributed by atoms with Crippen molar-refractivity contribution in [1.29, 1.82) is 0 Å². The molecular weight excluding hydrogens is 367 g/mol. The molecule has 20 heavy (non-hydrogen) atoms. The molecule has 0 unspecified atom stereocenters. The summed E-state index contributed by atoms with van der Waals surface area (Å²) in [5.74, 6) is 0.728. The van der Waals surface area contributed by atoms with Gasteiger partial charge in [0.2, 0.25) is 0 Å². The number of ether oxygens (including phenoxy) is 1. The second kappa shape index (κ2) is 9.06. The van der Waals surface area contributed by atoms with E-state index >= 15 is 0 Å². The van der Waals surface area contributed by atoms with Gasteiger partial charge in [0, 0.05) is 30.9 Å². The number of hydrogen-bond donors (Lipinski definition) is 0. The maximum absolute atomic E-state index is 11.9. The summed E-state index contributed by atoms with van der Waals surface area (Å²) in [5, 5.41) is 0.909. The third kappa shape index (κ3) is 5.38. The zero-order chi connectivity index (χ0) is 15.1. The Bertz CT molecular complexity index is 463. The van der Waals surface area contributed by atoms with Crippen LogP contribution in [0.3, 0.4) is 0 Å². The molecule has 0 aliphatic rings. The number of benzene rings is 1. The van der Waals surface area contributed by atoms with Crippen molar-refractivity contribution in [3.63, 3.8) is 0 Å². The van der Waals surface area contributed by atoms with Gasteiger partial charge in [-0.25, -0.2) is 0 Å². The number of hydrogen-bond acceptors (Lipinski definition) is 2. The van der Waals surface area contributed by atoms with E-state index in [1.165, 1.54) is 17.0 Å². The highest BCUT2D eigenvalue weighted by Crippen LogP contribution is 2.33. The lowest BCUT2D eigenvalue weighted by atomic mass is 10.3. The van der Waals surface area contributed by atoms with E-state index in [9.17, 15) is 4.79 Å². The molecule has 3 nitrogen and oxygen atoms in total. The Morgan fingerprint density at radius 3 is 2.10 bits per heavy atom. The van der Waals surface area contributed by atoms with Crippen LogP contribution in [0.1, 0.15) is 0 Å². The molecule has 1 rings (SSSR count). The van der Waals surface area contributed by atoms with Gasteiger partial charge in [0.25, 0.3) is 5.91 Å². The zero-order valence-electron chi connectivity index (χ0n) is 10.3. The molecular formula is C12H12Cl5NO2. The fourth-order valence-electron chi connectivity index (χ4n) is 1.41. The standard InChI is InChI=1S/C12H12Cl5NO2/c13-1-3-18(4-2-14)12(19)7-20-11-6-9(16)8(15)5-10(11)17/h5-6H,1-4,7H2. The molecule has 0 saturated heterocycles. The molecule has 0 aliphatic carbocycles. The molecule has 1 aromatic rings. The van der Waals surface area contributed by atoms with Crippen LogP contribution in [0.15, 0.2) is 12.1 Å². The first-order valence-electron chi connectivity index (χ1n) is 5.66. The van der Waals surface area contributed by atoms with Crippen LogP contribution in [0, 0.1) is 0 Å². The number of amides is 1. The molecule has 1 amide bonds. The first kappa shape index (κ1) is 18.0. The SMILES string of the molecule is O=C(COc1cc(Cl)c(Cl)cc1Cl)N(CCCl)CCCl. The van der Waals surface area contributed by atoms with E-state index in [0.29, 0.717) is 40.6 Å². The minimum atomic E-state index is -0.228. The minimum absolute atomic E-state index is 0.175. The third-order valence-electron chi connectivity index (χ3n) is 2.39. The largest absolute Gasteiger partial charge is 0.482 e. The monoisotopic (exact) mass is 377 g/mol. The Balaban J connectivity index is 2.66. The van der Waals surface area contributed by atoms with Crippen LogP contribution in [0.4, 0.5) is 0 Å². The first-order valence-corrected chi connectivity index (χ1v) is 7.87. The normalized spacial score (nSPS) is 10.4. The van der Waals surface area contributed by atoms with Crippen molar-refractivity contribution >= 4 is 63.9 Å². The summed E-state index contributed by atoms with van der Waals surface area (Å²) >= 11 is 28.9. The quantitative estimate of drug-likeness (QED) is 0.521. The van der Waals surface area contributed by atoms with Gasteiger partial charge in [-0.3, -0.25) is 4.79 Å². The van der Waals surface area contributed by atoms with E-state index in [2.05, 4.69) is 0 Å². The maximum Gasteiger partial charge on any atom is 0.260 e. The summed E-state index contributed by atoms with van der Waals surface area (Å²) in [6.07, 6.45) is 0. The highest BCUT2D eigenvalue weighted by molar-refractivity contribution is 6.43. The molecule has 0 heterocycles. The van der Waals surface area contributed by atoms with Crippen LogP contribution in [-0.4, -0.2) is 42.3 Å². The predicted octanol–water partition coefficient (Wildman–Crippen LogP) is 4.33. The highest BCUT2D eigenvalue weighted by Gasteiger charge is 2.14. The zero-order valence-corrected chi connectivity index (χ0v) is 14.1. The van der Waals surface area contributed by atoms with Crippen molar-refractivity contribution in [3.8, 4) is 5.75 Å². The highest BCUT2D eigenvalue weighted by atomic mass is 35.5. The number of carbonyl (C=O) groups is 1. The van der Waals surface area contributed by atoms with E-state index in [1.807, 2.05) is 0 Å². The molecule has 0 spiro atoms. The van der Waals surface area contributed by atoms with E-state index in [-0.39, 0.29) is 17.5 Å². The average molecular weight is 379 g/mol. The Labute approximate surface area is 142 Å². The molecule has 0 N–H and O–H groups in total. The average Bonchev–Trinajstić information content (AvgIpc) is 2.41. The van der Waals surface area contributed by atoms with Crippen molar-refractivity contribution in [2.45, 2.75) is 0 Å². The van der Waals surface area contributed by atoms with Crippen LogP contribution in [0.5, 0.6) is 5.75 Å². The van der Waals surface area contributed by atoms with E-state index in [1.54, 1.807) is 0 Å². The summed E-state index contributed by atoms with van der Waals surface area (Å²) < 4.78 is 5.36. The molecule has 1 aromatic carbocycles. The summed E-state index contributed by atoms with van der Waals surface area (Å²) in [5.41, 5.74) is 0. The molecule has 8 heteroatoms. The van der Waals surface area contributed by atoms with Crippen LogP contribution in [0.2, 0.25) is 15.1 Å². The molecule has 0 fully saturated rings. The second-order valence-electron chi connectivity index (χ2n) is 3.74. The second-order valence-corrected chi connectivity index (χ2v) is 5.72. The molecule has 0 atom stereocenters. The van der Waals surface area contributed by atoms with Crippen LogP contribution in [-0.2, 0) is 4.79 Å². The van der Waals surface area contributed by atoms with Crippen molar-refractivity contribution in [3.05, 3.63) is 27.2 Å². The predicted molar refractivity (Wildman–Crippen MR) is 85.0 cm³/mol. The fourth-order valence-corrected chi connectivity index (χ4v) is 2.41. The summed E-state index contributed by atoms with van der Waals surface area (Å²) in [6, 6.07) is 2.92. The van der Waals surface area contributed by atoms with E-state index in [4.69, 9.17) is 62.7 Å². The Kier molecular flexibility index (Phi) is 8.15. The lowest BCUT2D eigenvalue weighted by Crippen LogP contribution is -2.37. The molecule has 0 aliphatic heterocycles. The van der Waals surface area contributed by atoms with Gasteiger partial charge in [0.05, 0.1) is 15.1 Å². The number of alkyl halides is 2. The number of halogens is 5. The Morgan fingerprint density at radius 2 is 1.55 bits per heavy atom. The van der Waals surface area contributed by atoms with Gasteiger partial charge in [-0.15, -0.1) is 23.2 Å². The lowest BCUT2D eigenvalue weighted by Gasteiger charge is -2.20. The summed E-state index contributed by atoms with van der Waals surface area (Å²) in [4.78, 5) is 13.5. The lowest BCUT2D eigenvalue weighted by molar-refractivity contribution is -0.132. The van der Waals surface area contributed by atoms with Gasteiger partial charge in [0.1, 0.15) is 5.75 Å². The van der Waals surface area contributed by atoms with Crippen molar-refractivity contribution in [2.24, 2.45) is 0 Å². The van der Waals surface area contributed by atoms with Crippen LogP contribution < -0.4 is 4.74 Å². The molecule has 0 bridgehead atoms. The topological polar surface area (TPSA) is 29.5 Å². The molecule has 0 radical (unpaired) electrons. The van der Waals surface area contributed by atoms with Gasteiger partial charge in [-0.2, -0.15) is 0 Å². The van der Waals surface area contributed by atoms with Crippen LogP contribution in [0.25, 0.3) is 0 Å². The van der Waals surface area contributed by atoms with Gasteiger partial charge >= 0.3 is 0 Å². The summed E-state index contributed by atoms with van der Waals surface area (Å²) in [7, 11) is 0. The van der Waals surface area contributed by atoms with Gasteiger partial charge < -0.3 is 9.64 Å². The molecule has 0 aromatic heterocycles. The maximum atomic E-state index is 11.9. The van der Waals surface area contributed by atoms with Crippen molar-refractivity contribution < 1.29 is 9.53 Å². The van der Waals surface area contributed by atoms with Crippen molar-refractivity contribution in [2.75, 3.05) is 31.5 Å². The molecule has 0 saturated carbocycles. The number of nitrogens with zero attached hydrogens (tertiary/aromatic N) is 1. The first-order chi connectivity index (χ1) is 9.49. The molecule has 112 valence electrons. The third-order valence-corrected chi connectivity index (χ3v) is 3.74. The Hall–Kier alpha value is -0.0600. The van der Waals surface area contributed by atoms with Gasteiger partial charge in [-0.1, -0.05) is 34.8 Å².